The Kier molecular flexibility index (Phi) is 3.76. The standard InChI is InChI=1S/C16H10N12/c1-3-7-17-9(5-1)11-12(10-6-2-4-8-18-10)20-14(16-23-27-28-24-16)13(19-11)15-21-25-26-22-15/h1-8H,(H,21,22,25,26)(H,23,24,27,28). The summed E-state index contributed by atoms with van der Waals surface area (Å²) in [5, 5.41) is 28.1. The van der Waals surface area contributed by atoms with E-state index in [1.807, 2.05) is 36.4 Å². The Hall–Kier alpha value is -4.48. The number of nitrogens with zero attached hydrogens (tertiary/aromatic N) is 10. The number of aromatic nitrogens is 12. The Morgan fingerprint density at radius 2 is 1.07 bits per heavy atom. The lowest BCUT2D eigenvalue weighted by Crippen LogP contribution is -2.04. The Labute approximate surface area is 156 Å². The van der Waals surface area contributed by atoms with Crippen LogP contribution in [0.2, 0.25) is 0 Å². The molecule has 0 aliphatic carbocycles. The SMILES string of the molecule is c1ccc(-c2nc(-c3nn[nH]n3)c(-c3nn[nH]n3)nc2-c2ccccn2)nc1. The van der Waals surface area contributed by atoms with Crippen LogP contribution in [0.25, 0.3) is 45.8 Å². The number of tetrazole rings is 2. The van der Waals surface area contributed by atoms with Gasteiger partial charge in [-0.3, -0.25) is 9.97 Å². The fraction of sp³-hybridized carbons (Fsp3) is 0. The molecule has 0 saturated heterocycles. The molecule has 5 aromatic rings. The average molecular weight is 370 g/mol. The van der Waals surface area contributed by atoms with Crippen molar-refractivity contribution >= 4 is 0 Å². The highest BCUT2D eigenvalue weighted by molar-refractivity contribution is 5.81. The molecule has 0 fully saturated rings. The molecule has 0 radical (unpaired) electrons. The van der Waals surface area contributed by atoms with E-state index in [4.69, 9.17) is 9.97 Å². The summed E-state index contributed by atoms with van der Waals surface area (Å²) < 4.78 is 0. The molecule has 0 aliphatic heterocycles. The Bertz CT molecular complexity index is 1090. The molecular formula is C16H10N12. The Balaban J connectivity index is 1.84. The minimum atomic E-state index is 0.247. The van der Waals surface area contributed by atoms with Crippen LogP contribution in [-0.4, -0.2) is 61.2 Å². The number of nitrogens with one attached hydrogen (secondary N) is 2. The summed E-state index contributed by atoms with van der Waals surface area (Å²) in [6, 6.07) is 11.1. The number of rotatable bonds is 4. The molecule has 0 unspecified atom stereocenters. The van der Waals surface area contributed by atoms with E-state index in [9.17, 15) is 0 Å². The maximum absolute atomic E-state index is 4.75. The van der Waals surface area contributed by atoms with Gasteiger partial charge < -0.3 is 0 Å². The first-order valence-corrected chi connectivity index (χ1v) is 8.12. The van der Waals surface area contributed by atoms with Crippen LogP contribution < -0.4 is 0 Å². The smallest absolute Gasteiger partial charge is 0.225 e. The highest BCUT2D eigenvalue weighted by Crippen LogP contribution is 2.33. The summed E-state index contributed by atoms with van der Waals surface area (Å²) >= 11 is 0. The molecule has 0 amide bonds. The summed E-state index contributed by atoms with van der Waals surface area (Å²) in [6.45, 7) is 0. The number of pyridine rings is 2. The number of H-pyrrole nitrogens is 2. The molecule has 134 valence electrons. The molecule has 0 aromatic carbocycles. The van der Waals surface area contributed by atoms with Crippen LogP contribution in [0.5, 0.6) is 0 Å². The molecule has 28 heavy (non-hydrogen) atoms. The van der Waals surface area contributed by atoms with Gasteiger partial charge >= 0.3 is 0 Å². The van der Waals surface area contributed by atoms with Crippen molar-refractivity contribution < 1.29 is 0 Å². The number of hydrogen-bond acceptors (Lipinski definition) is 10. The van der Waals surface area contributed by atoms with Crippen molar-refractivity contribution in [2.45, 2.75) is 0 Å². The second-order valence-electron chi connectivity index (χ2n) is 5.52. The largest absolute Gasteiger partial charge is 0.255 e. The predicted octanol–water partition coefficient (Wildman–Crippen LogP) is 0.961. The van der Waals surface area contributed by atoms with E-state index in [0.717, 1.165) is 0 Å². The summed E-state index contributed by atoms with van der Waals surface area (Å²) in [5.74, 6) is 0.495. The van der Waals surface area contributed by atoms with E-state index in [1.54, 1.807) is 12.4 Å². The normalized spacial score (nSPS) is 10.9. The zero-order valence-electron chi connectivity index (χ0n) is 14.1. The van der Waals surface area contributed by atoms with Gasteiger partial charge in [0.1, 0.15) is 22.8 Å². The van der Waals surface area contributed by atoms with Crippen LogP contribution in [-0.2, 0) is 0 Å². The van der Waals surface area contributed by atoms with Crippen molar-refractivity contribution in [1.82, 2.24) is 61.2 Å². The highest BCUT2D eigenvalue weighted by Gasteiger charge is 2.24. The van der Waals surface area contributed by atoms with Gasteiger partial charge in [0.2, 0.25) is 11.6 Å². The van der Waals surface area contributed by atoms with Gasteiger partial charge in [-0.1, -0.05) is 12.1 Å². The molecule has 12 heteroatoms. The zero-order chi connectivity index (χ0) is 18.8. The molecule has 0 aliphatic rings. The van der Waals surface area contributed by atoms with Crippen LogP contribution in [0.15, 0.2) is 48.8 Å². The molecule has 0 saturated carbocycles. The van der Waals surface area contributed by atoms with Gasteiger partial charge in [0, 0.05) is 12.4 Å². The van der Waals surface area contributed by atoms with Gasteiger partial charge in [0.15, 0.2) is 0 Å². The third-order valence-electron chi connectivity index (χ3n) is 3.83. The van der Waals surface area contributed by atoms with E-state index >= 15 is 0 Å². The molecule has 5 heterocycles. The predicted molar refractivity (Wildman–Crippen MR) is 94.8 cm³/mol. The average Bonchev–Trinajstić information content (AvgIpc) is 3.48. The van der Waals surface area contributed by atoms with Crippen molar-refractivity contribution in [2.75, 3.05) is 0 Å². The van der Waals surface area contributed by atoms with Crippen molar-refractivity contribution in [1.29, 1.82) is 0 Å². The molecule has 2 N–H and O–H groups in total. The number of hydrogen-bond donors (Lipinski definition) is 2. The van der Waals surface area contributed by atoms with Gasteiger partial charge in [-0.2, -0.15) is 10.4 Å². The summed E-state index contributed by atoms with van der Waals surface area (Å²) in [5.41, 5.74) is 2.98. The van der Waals surface area contributed by atoms with Crippen LogP contribution >= 0.6 is 0 Å². The quantitative estimate of drug-likeness (QED) is 0.466. The monoisotopic (exact) mass is 370 g/mol. The maximum Gasteiger partial charge on any atom is 0.225 e. The first kappa shape index (κ1) is 15.7. The Morgan fingerprint density at radius 1 is 0.571 bits per heavy atom. The van der Waals surface area contributed by atoms with Crippen molar-refractivity contribution in [3.8, 4) is 45.8 Å². The lowest BCUT2D eigenvalue weighted by atomic mass is 10.1. The van der Waals surface area contributed by atoms with Gasteiger partial charge in [-0.05, 0) is 34.7 Å². The summed E-state index contributed by atoms with van der Waals surface area (Å²) in [7, 11) is 0. The maximum atomic E-state index is 4.75. The lowest BCUT2D eigenvalue weighted by Gasteiger charge is -2.11. The van der Waals surface area contributed by atoms with E-state index in [-0.39, 0.29) is 11.6 Å². The van der Waals surface area contributed by atoms with Crippen molar-refractivity contribution in [2.24, 2.45) is 0 Å². The first-order valence-electron chi connectivity index (χ1n) is 8.12. The van der Waals surface area contributed by atoms with Gasteiger partial charge in [-0.25, -0.2) is 9.97 Å². The molecule has 0 spiro atoms. The molecule has 12 nitrogen and oxygen atoms in total. The zero-order valence-corrected chi connectivity index (χ0v) is 14.1. The molecule has 0 bridgehead atoms. The lowest BCUT2D eigenvalue weighted by molar-refractivity contribution is 0.881. The van der Waals surface area contributed by atoms with E-state index in [1.165, 1.54) is 0 Å². The first-order chi connectivity index (χ1) is 13.9. The van der Waals surface area contributed by atoms with Crippen molar-refractivity contribution in [3.05, 3.63) is 48.8 Å². The minimum Gasteiger partial charge on any atom is -0.255 e. The molecular weight excluding hydrogens is 360 g/mol. The second-order valence-corrected chi connectivity index (χ2v) is 5.52. The van der Waals surface area contributed by atoms with Crippen LogP contribution in [0, 0.1) is 0 Å². The van der Waals surface area contributed by atoms with Gasteiger partial charge in [0.25, 0.3) is 0 Å². The number of aromatic amines is 2. The van der Waals surface area contributed by atoms with Crippen LogP contribution in [0.1, 0.15) is 0 Å². The topological polar surface area (TPSA) is 160 Å². The van der Waals surface area contributed by atoms with Crippen LogP contribution in [0.4, 0.5) is 0 Å². The minimum absolute atomic E-state index is 0.247. The third-order valence-corrected chi connectivity index (χ3v) is 3.83. The van der Waals surface area contributed by atoms with Crippen molar-refractivity contribution in [3.63, 3.8) is 0 Å². The fourth-order valence-corrected chi connectivity index (χ4v) is 2.63. The summed E-state index contributed by atoms with van der Waals surface area (Å²) in [6.07, 6.45) is 3.36. The molecule has 5 rings (SSSR count). The Morgan fingerprint density at radius 3 is 1.43 bits per heavy atom. The van der Waals surface area contributed by atoms with E-state index in [2.05, 4.69) is 51.2 Å². The van der Waals surface area contributed by atoms with Gasteiger partial charge in [0.05, 0.1) is 11.4 Å². The fourth-order valence-electron chi connectivity index (χ4n) is 2.63. The molecule has 5 aromatic heterocycles. The van der Waals surface area contributed by atoms with Crippen LogP contribution in [0.3, 0.4) is 0 Å². The van der Waals surface area contributed by atoms with E-state index in [0.29, 0.717) is 34.2 Å². The van der Waals surface area contributed by atoms with E-state index < -0.39 is 0 Å². The van der Waals surface area contributed by atoms with Gasteiger partial charge in [-0.15, -0.1) is 20.4 Å². The highest BCUT2D eigenvalue weighted by atomic mass is 15.5. The third kappa shape index (κ3) is 2.74. The molecule has 0 atom stereocenters. The summed E-state index contributed by atoms with van der Waals surface area (Å²) in [4.78, 5) is 18.3. The second kappa shape index (κ2) is 6.68.